The van der Waals surface area contributed by atoms with Gasteiger partial charge in [0.2, 0.25) is 5.95 Å². The molecule has 0 aliphatic carbocycles. The Bertz CT molecular complexity index is 1480. The Kier molecular flexibility index (Phi) is 5.07. The Hall–Kier alpha value is -3.43. The van der Waals surface area contributed by atoms with Gasteiger partial charge in [0.05, 0.1) is 36.6 Å². The summed E-state index contributed by atoms with van der Waals surface area (Å²) in [6.07, 6.45) is 3.45. The fourth-order valence-electron chi connectivity index (χ4n) is 3.53. The van der Waals surface area contributed by atoms with Crippen molar-refractivity contribution in [1.82, 2.24) is 29.3 Å². The molecule has 0 saturated heterocycles. The zero-order valence-electron chi connectivity index (χ0n) is 16.9. The number of hydrogen-bond acceptors (Lipinski definition) is 6. The number of aromatic amines is 1. The third-order valence-electron chi connectivity index (χ3n) is 4.95. The smallest absolute Gasteiger partial charge is 0.237 e. The van der Waals surface area contributed by atoms with Crippen molar-refractivity contribution < 1.29 is 13.9 Å². The maximum absolute atomic E-state index is 14.9. The predicted octanol–water partition coefficient (Wildman–Crippen LogP) is 4.72. The molecule has 4 aromatic heterocycles. The van der Waals surface area contributed by atoms with E-state index in [9.17, 15) is 4.39 Å². The zero-order chi connectivity index (χ0) is 22.4. The highest BCUT2D eigenvalue weighted by molar-refractivity contribution is 6.33. The fraction of sp³-hybridized carbons (Fsp3) is 0.143. The number of aromatic nitrogens is 6. The van der Waals surface area contributed by atoms with Gasteiger partial charge in [-0.2, -0.15) is 4.39 Å². The highest BCUT2D eigenvalue weighted by Crippen LogP contribution is 2.39. The van der Waals surface area contributed by atoms with Crippen molar-refractivity contribution >= 4 is 40.0 Å². The average Bonchev–Trinajstić information content (AvgIpc) is 3.36. The van der Waals surface area contributed by atoms with Crippen molar-refractivity contribution in [2.45, 2.75) is 6.42 Å². The average molecular weight is 473 g/mol. The molecule has 0 spiro atoms. The standard InChI is InChI=1S/C21H15Cl2FN6O2/c1-31-14-6-11(12(22)7-15(14)32-2)19-20(24)25-8-18-26-10(9-30(18)19)5-17-27-13-3-4-16(23)28-21(13)29-17/h3-4,6-9H,5H2,1-2H3,(H,27,28,29). The molecule has 8 nitrogen and oxygen atoms in total. The van der Waals surface area contributed by atoms with Crippen molar-refractivity contribution in [3.63, 3.8) is 0 Å². The predicted molar refractivity (Wildman–Crippen MR) is 118 cm³/mol. The first kappa shape index (κ1) is 20.5. The molecular formula is C21H15Cl2FN6O2. The molecule has 0 bridgehead atoms. The quantitative estimate of drug-likeness (QED) is 0.372. The van der Waals surface area contributed by atoms with Crippen LogP contribution in [0.2, 0.25) is 10.2 Å². The Balaban J connectivity index is 1.60. The summed E-state index contributed by atoms with van der Waals surface area (Å²) in [6, 6.07) is 6.67. The molecule has 0 aliphatic rings. The summed E-state index contributed by atoms with van der Waals surface area (Å²) < 4.78 is 27.1. The summed E-state index contributed by atoms with van der Waals surface area (Å²) in [7, 11) is 3.00. The molecule has 0 fully saturated rings. The molecule has 0 radical (unpaired) electrons. The van der Waals surface area contributed by atoms with Gasteiger partial charge in [0.1, 0.15) is 16.7 Å². The minimum atomic E-state index is -0.696. The third-order valence-corrected chi connectivity index (χ3v) is 5.47. The summed E-state index contributed by atoms with van der Waals surface area (Å²) in [5.41, 5.74) is 2.94. The van der Waals surface area contributed by atoms with E-state index in [1.807, 2.05) is 0 Å². The molecule has 0 amide bonds. The Morgan fingerprint density at radius 2 is 1.84 bits per heavy atom. The van der Waals surface area contributed by atoms with E-state index in [2.05, 4.69) is 24.9 Å². The number of fused-ring (bicyclic) bond motifs is 2. The largest absolute Gasteiger partial charge is 0.493 e. The summed E-state index contributed by atoms with van der Waals surface area (Å²) in [6.45, 7) is 0. The van der Waals surface area contributed by atoms with Gasteiger partial charge in [0, 0.05) is 24.2 Å². The number of methoxy groups -OCH3 is 2. The second kappa shape index (κ2) is 7.92. The first-order valence-electron chi connectivity index (χ1n) is 9.42. The van der Waals surface area contributed by atoms with E-state index in [0.29, 0.717) is 51.4 Å². The first-order chi connectivity index (χ1) is 15.5. The lowest BCUT2D eigenvalue weighted by Gasteiger charge is -2.13. The number of rotatable bonds is 5. The maximum Gasteiger partial charge on any atom is 0.237 e. The Morgan fingerprint density at radius 1 is 1.06 bits per heavy atom. The minimum absolute atomic E-state index is 0.158. The van der Waals surface area contributed by atoms with Crippen LogP contribution in [0.5, 0.6) is 11.5 Å². The van der Waals surface area contributed by atoms with Gasteiger partial charge in [-0.25, -0.2) is 19.9 Å². The van der Waals surface area contributed by atoms with Crippen LogP contribution in [-0.4, -0.2) is 43.5 Å². The number of pyridine rings is 1. The van der Waals surface area contributed by atoms with E-state index in [1.165, 1.54) is 20.4 Å². The van der Waals surface area contributed by atoms with E-state index < -0.39 is 5.95 Å². The lowest BCUT2D eigenvalue weighted by molar-refractivity contribution is 0.355. The number of H-pyrrole nitrogens is 1. The topological polar surface area (TPSA) is 90.2 Å². The molecule has 0 atom stereocenters. The van der Waals surface area contributed by atoms with Crippen LogP contribution >= 0.6 is 23.2 Å². The van der Waals surface area contributed by atoms with Gasteiger partial charge in [-0.1, -0.05) is 23.2 Å². The number of nitrogens with zero attached hydrogens (tertiary/aromatic N) is 5. The van der Waals surface area contributed by atoms with Crippen molar-refractivity contribution in [3.05, 3.63) is 64.3 Å². The highest BCUT2D eigenvalue weighted by Gasteiger charge is 2.20. The van der Waals surface area contributed by atoms with Gasteiger partial charge in [0.15, 0.2) is 22.8 Å². The number of imidazole rings is 2. The molecule has 11 heteroatoms. The lowest BCUT2D eigenvalue weighted by atomic mass is 10.1. The molecule has 162 valence electrons. The van der Waals surface area contributed by atoms with Crippen LogP contribution < -0.4 is 9.47 Å². The summed E-state index contributed by atoms with van der Waals surface area (Å²) >= 11 is 12.4. The first-order valence-corrected chi connectivity index (χ1v) is 10.2. The molecule has 5 rings (SSSR count). The fourth-order valence-corrected chi connectivity index (χ4v) is 3.91. The van der Waals surface area contributed by atoms with Crippen LogP contribution in [0.1, 0.15) is 11.5 Å². The molecule has 1 N–H and O–H groups in total. The van der Waals surface area contributed by atoms with E-state index in [4.69, 9.17) is 32.7 Å². The monoisotopic (exact) mass is 472 g/mol. The maximum atomic E-state index is 14.9. The van der Waals surface area contributed by atoms with E-state index in [0.717, 1.165) is 5.52 Å². The molecular weight excluding hydrogens is 458 g/mol. The zero-order valence-corrected chi connectivity index (χ0v) is 18.4. The molecule has 1 aromatic carbocycles. The van der Waals surface area contributed by atoms with Crippen LogP contribution in [0.25, 0.3) is 28.1 Å². The highest BCUT2D eigenvalue weighted by atomic mass is 35.5. The van der Waals surface area contributed by atoms with Crippen LogP contribution in [-0.2, 0) is 6.42 Å². The second-order valence-electron chi connectivity index (χ2n) is 6.91. The van der Waals surface area contributed by atoms with Crippen molar-refractivity contribution in [2.24, 2.45) is 0 Å². The van der Waals surface area contributed by atoms with Crippen LogP contribution in [0.15, 0.2) is 36.7 Å². The summed E-state index contributed by atoms with van der Waals surface area (Å²) in [4.78, 5) is 20.2. The number of ether oxygens (including phenoxy) is 2. The van der Waals surface area contributed by atoms with Crippen molar-refractivity contribution in [1.29, 1.82) is 0 Å². The molecule has 32 heavy (non-hydrogen) atoms. The second-order valence-corrected chi connectivity index (χ2v) is 7.70. The molecule has 0 unspecified atom stereocenters. The lowest BCUT2D eigenvalue weighted by Crippen LogP contribution is -2.00. The molecule has 0 saturated carbocycles. The van der Waals surface area contributed by atoms with E-state index in [-0.39, 0.29) is 10.7 Å². The van der Waals surface area contributed by atoms with Crippen LogP contribution in [0.3, 0.4) is 0 Å². The molecule has 0 aliphatic heterocycles. The number of halogens is 3. The number of hydrogen-bond donors (Lipinski definition) is 1. The molecule has 4 heterocycles. The molecule has 5 aromatic rings. The van der Waals surface area contributed by atoms with Gasteiger partial charge in [-0.15, -0.1) is 0 Å². The van der Waals surface area contributed by atoms with Gasteiger partial charge < -0.3 is 14.5 Å². The Morgan fingerprint density at radius 3 is 2.62 bits per heavy atom. The van der Waals surface area contributed by atoms with Gasteiger partial charge in [0.25, 0.3) is 0 Å². The van der Waals surface area contributed by atoms with E-state index in [1.54, 1.807) is 34.9 Å². The normalized spacial score (nSPS) is 11.4. The van der Waals surface area contributed by atoms with Gasteiger partial charge in [-0.3, -0.25) is 4.40 Å². The number of benzene rings is 1. The third kappa shape index (κ3) is 3.49. The van der Waals surface area contributed by atoms with Crippen molar-refractivity contribution in [3.8, 4) is 22.8 Å². The SMILES string of the molecule is COc1cc(Cl)c(-c2c(F)ncc3nc(Cc4nc5nc(Cl)ccc5[nH]4)cn23)cc1OC. The van der Waals surface area contributed by atoms with Gasteiger partial charge >= 0.3 is 0 Å². The minimum Gasteiger partial charge on any atom is -0.493 e. The van der Waals surface area contributed by atoms with E-state index >= 15 is 0 Å². The van der Waals surface area contributed by atoms with Crippen molar-refractivity contribution in [2.75, 3.05) is 14.2 Å². The van der Waals surface area contributed by atoms with Gasteiger partial charge in [-0.05, 0) is 18.2 Å². The number of nitrogens with one attached hydrogen (secondary N) is 1. The Labute approximate surface area is 191 Å². The van der Waals surface area contributed by atoms with Crippen LogP contribution in [0, 0.1) is 5.95 Å². The van der Waals surface area contributed by atoms with Crippen LogP contribution in [0.4, 0.5) is 4.39 Å². The summed E-state index contributed by atoms with van der Waals surface area (Å²) in [5, 5.41) is 0.646. The summed E-state index contributed by atoms with van der Waals surface area (Å²) in [5.74, 6) is 0.805.